The molecule has 3 rings (SSSR count). The molecule has 6 nitrogen and oxygen atoms in total. The van der Waals surface area contributed by atoms with Gasteiger partial charge in [-0.3, -0.25) is 4.79 Å². The van der Waals surface area contributed by atoms with Crippen molar-refractivity contribution in [2.24, 2.45) is 11.7 Å². The summed E-state index contributed by atoms with van der Waals surface area (Å²) in [6, 6.07) is 4.93. The van der Waals surface area contributed by atoms with Crippen LogP contribution in [0.3, 0.4) is 0 Å². The fraction of sp³-hybridized carbons (Fsp3) is 0.611. The first-order valence-electron chi connectivity index (χ1n) is 9.18. The van der Waals surface area contributed by atoms with Crippen molar-refractivity contribution >= 4 is 15.9 Å². The van der Waals surface area contributed by atoms with Gasteiger partial charge in [0, 0.05) is 38.1 Å². The Balaban J connectivity index is 1.66. The number of hydrogen-bond acceptors (Lipinski definition) is 4. The van der Waals surface area contributed by atoms with Crippen molar-refractivity contribution in [3.05, 3.63) is 30.1 Å². The van der Waals surface area contributed by atoms with Crippen molar-refractivity contribution in [3.63, 3.8) is 0 Å². The van der Waals surface area contributed by atoms with Gasteiger partial charge in [0.2, 0.25) is 15.9 Å². The van der Waals surface area contributed by atoms with Gasteiger partial charge in [0.15, 0.2) is 0 Å². The fourth-order valence-corrected chi connectivity index (χ4v) is 5.29. The molecule has 1 amide bonds. The molecule has 2 aliphatic rings. The van der Waals surface area contributed by atoms with Crippen molar-refractivity contribution in [2.75, 3.05) is 26.2 Å². The summed E-state index contributed by atoms with van der Waals surface area (Å²) in [4.78, 5) is 14.6. The molecule has 1 aromatic rings. The molecule has 1 saturated carbocycles. The van der Waals surface area contributed by atoms with Crippen LogP contribution in [0.1, 0.15) is 32.1 Å². The van der Waals surface area contributed by atoms with E-state index in [-0.39, 0.29) is 29.3 Å². The molecule has 0 bridgehead atoms. The van der Waals surface area contributed by atoms with Crippen LogP contribution in [0.15, 0.2) is 29.2 Å². The number of hydrogen-bond donors (Lipinski definition) is 1. The van der Waals surface area contributed by atoms with E-state index in [1.807, 2.05) is 0 Å². The molecule has 0 spiro atoms. The number of carbonyl (C=O) groups is 1. The topological polar surface area (TPSA) is 83.7 Å². The maximum Gasteiger partial charge on any atom is 0.243 e. The van der Waals surface area contributed by atoms with E-state index in [0.29, 0.717) is 32.5 Å². The van der Waals surface area contributed by atoms with Crippen LogP contribution in [0.2, 0.25) is 0 Å². The van der Waals surface area contributed by atoms with Crippen molar-refractivity contribution in [1.82, 2.24) is 9.21 Å². The third-order valence-corrected chi connectivity index (χ3v) is 7.19. The highest BCUT2D eigenvalue weighted by Gasteiger charge is 2.32. The SMILES string of the molecule is NC1CCCC(C(=O)N2CCCN(S(=O)(=O)c3ccc(F)cc3)CC2)C1. The molecule has 1 aliphatic carbocycles. The normalized spacial score (nSPS) is 25.7. The minimum absolute atomic E-state index is 0.0426. The predicted molar refractivity (Wildman–Crippen MR) is 96.3 cm³/mol. The summed E-state index contributed by atoms with van der Waals surface area (Å²) in [7, 11) is -3.68. The van der Waals surface area contributed by atoms with Crippen molar-refractivity contribution in [2.45, 2.75) is 43.0 Å². The van der Waals surface area contributed by atoms with Gasteiger partial charge in [-0.2, -0.15) is 4.31 Å². The molecule has 0 radical (unpaired) electrons. The number of sulfonamides is 1. The Kier molecular flexibility index (Phi) is 5.94. The lowest BCUT2D eigenvalue weighted by Gasteiger charge is -2.30. The van der Waals surface area contributed by atoms with Crippen LogP contribution in [0.4, 0.5) is 4.39 Å². The number of nitrogens with two attached hydrogens (primary N) is 1. The smallest absolute Gasteiger partial charge is 0.243 e. The number of benzene rings is 1. The molecule has 1 aliphatic heterocycles. The summed E-state index contributed by atoms with van der Waals surface area (Å²) in [5.74, 6) is -0.414. The van der Waals surface area contributed by atoms with Gasteiger partial charge in [-0.05, 0) is 49.9 Å². The quantitative estimate of drug-likeness (QED) is 0.859. The highest BCUT2D eigenvalue weighted by molar-refractivity contribution is 7.89. The first-order chi connectivity index (χ1) is 12.4. The standard InChI is InChI=1S/C18H26FN3O3S/c19-15-5-7-17(8-6-15)26(24,25)22-10-2-9-21(11-12-22)18(23)14-3-1-4-16(20)13-14/h5-8,14,16H,1-4,9-13,20H2. The third kappa shape index (κ3) is 4.24. The molecule has 0 aromatic heterocycles. The van der Waals surface area contributed by atoms with Crippen molar-refractivity contribution in [1.29, 1.82) is 0 Å². The van der Waals surface area contributed by atoms with Crippen LogP contribution in [0, 0.1) is 11.7 Å². The molecule has 8 heteroatoms. The van der Waals surface area contributed by atoms with Crippen LogP contribution in [-0.2, 0) is 14.8 Å². The van der Waals surface area contributed by atoms with Gasteiger partial charge < -0.3 is 10.6 Å². The Labute approximate surface area is 154 Å². The van der Waals surface area contributed by atoms with Crippen LogP contribution in [-0.4, -0.2) is 55.8 Å². The van der Waals surface area contributed by atoms with Crippen molar-refractivity contribution in [3.8, 4) is 0 Å². The Morgan fingerprint density at radius 3 is 2.46 bits per heavy atom. The molecule has 1 aromatic carbocycles. The molecular formula is C18H26FN3O3S. The lowest BCUT2D eigenvalue weighted by Crippen LogP contribution is -2.42. The number of rotatable bonds is 3. The Morgan fingerprint density at radius 1 is 1.04 bits per heavy atom. The zero-order valence-electron chi connectivity index (χ0n) is 14.8. The molecule has 2 unspecified atom stereocenters. The van der Waals surface area contributed by atoms with E-state index in [9.17, 15) is 17.6 Å². The van der Waals surface area contributed by atoms with E-state index in [0.717, 1.165) is 31.4 Å². The molecule has 144 valence electrons. The average molecular weight is 383 g/mol. The van der Waals surface area contributed by atoms with Gasteiger partial charge in [-0.1, -0.05) is 6.42 Å². The molecule has 2 N–H and O–H groups in total. The summed E-state index contributed by atoms with van der Waals surface area (Å²) in [5.41, 5.74) is 5.99. The van der Waals surface area contributed by atoms with Crippen LogP contribution in [0.5, 0.6) is 0 Å². The number of amides is 1. The summed E-state index contributed by atoms with van der Waals surface area (Å²) < 4.78 is 40.0. The highest BCUT2D eigenvalue weighted by atomic mass is 32.2. The van der Waals surface area contributed by atoms with Crippen LogP contribution >= 0.6 is 0 Å². The molecule has 2 atom stereocenters. The summed E-state index contributed by atoms with van der Waals surface area (Å²) in [6.45, 7) is 1.54. The zero-order chi connectivity index (χ0) is 18.7. The maximum atomic E-state index is 13.1. The number of carbonyl (C=O) groups excluding carboxylic acids is 1. The predicted octanol–water partition coefficient (Wildman–Crippen LogP) is 1.57. The summed E-state index contributed by atoms with van der Waals surface area (Å²) in [6.07, 6.45) is 4.10. The third-order valence-electron chi connectivity index (χ3n) is 5.28. The highest BCUT2D eigenvalue weighted by Crippen LogP contribution is 2.26. The molecule has 26 heavy (non-hydrogen) atoms. The van der Waals surface area contributed by atoms with Gasteiger partial charge in [-0.15, -0.1) is 0 Å². The van der Waals surface area contributed by atoms with E-state index < -0.39 is 15.8 Å². The van der Waals surface area contributed by atoms with Crippen LogP contribution < -0.4 is 5.73 Å². The Morgan fingerprint density at radius 2 is 1.77 bits per heavy atom. The fourth-order valence-electron chi connectivity index (χ4n) is 3.82. The summed E-state index contributed by atoms with van der Waals surface area (Å²) in [5, 5.41) is 0. The minimum atomic E-state index is -3.68. The molecule has 1 saturated heterocycles. The molecule has 2 fully saturated rings. The minimum Gasteiger partial charge on any atom is -0.341 e. The second-order valence-electron chi connectivity index (χ2n) is 7.16. The zero-order valence-corrected chi connectivity index (χ0v) is 15.6. The van der Waals surface area contributed by atoms with E-state index >= 15 is 0 Å². The van der Waals surface area contributed by atoms with Gasteiger partial charge in [0.25, 0.3) is 0 Å². The molecule has 1 heterocycles. The molecular weight excluding hydrogens is 357 g/mol. The Hall–Kier alpha value is -1.51. The number of halogens is 1. The van der Waals surface area contributed by atoms with E-state index in [1.54, 1.807) is 4.90 Å². The maximum absolute atomic E-state index is 13.1. The van der Waals surface area contributed by atoms with E-state index in [4.69, 9.17) is 5.73 Å². The van der Waals surface area contributed by atoms with Gasteiger partial charge in [0.05, 0.1) is 4.90 Å². The Bertz CT molecular complexity index is 739. The van der Waals surface area contributed by atoms with E-state index in [2.05, 4.69) is 0 Å². The largest absolute Gasteiger partial charge is 0.341 e. The number of nitrogens with zero attached hydrogens (tertiary/aromatic N) is 2. The van der Waals surface area contributed by atoms with Gasteiger partial charge in [-0.25, -0.2) is 12.8 Å². The average Bonchev–Trinajstić information content (AvgIpc) is 2.88. The second kappa shape index (κ2) is 8.02. The lowest BCUT2D eigenvalue weighted by atomic mass is 9.85. The van der Waals surface area contributed by atoms with E-state index in [1.165, 1.54) is 16.4 Å². The second-order valence-corrected chi connectivity index (χ2v) is 9.10. The summed E-state index contributed by atoms with van der Waals surface area (Å²) >= 11 is 0. The first kappa shape index (κ1) is 19.3. The van der Waals surface area contributed by atoms with Gasteiger partial charge in [0.1, 0.15) is 5.82 Å². The first-order valence-corrected chi connectivity index (χ1v) is 10.6. The van der Waals surface area contributed by atoms with Crippen molar-refractivity contribution < 1.29 is 17.6 Å². The van der Waals surface area contributed by atoms with Crippen LogP contribution in [0.25, 0.3) is 0 Å². The van der Waals surface area contributed by atoms with Gasteiger partial charge >= 0.3 is 0 Å². The lowest BCUT2D eigenvalue weighted by molar-refractivity contribution is -0.136. The monoisotopic (exact) mass is 383 g/mol.